The molecular formula is C7H12O4S. The molecule has 0 radical (unpaired) electrons. The highest BCUT2D eigenvalue weighted by atomic mass is 32.2. The highest BCUT2D eigenvalue weighted by Gasteiger charge is 2.51. The highest BCUT2D eigenvalue weighted by molar-refractivity contribution is 7.93. The van der Waals surface area contributed by atoms with E-state index in [1.165, 1.54) is 0 Å². The lowest BCUT2D eigenvalue weighted by molar-refractivity contribution is -0.118. The maximum absolute atomic E-state index is 10.8. The van der Waals surface area contributed by atoms with Gasteiger partial charge in [0.15, 0.2) is 9.84 Å². The van der Waals surface area contributed by atoms with Crippen molar-refractivity contribution in [1.82, 2.24) is 0 Å². The van der Waals surface area contributed by atoms with E-state index in [4.69, 9.17) is 5.11 Å². The Bertz CT molecular complexity index is 268. The SMILES string of the molecule is CC(CO)C1(C=O)CS(=O)(=O)C1. The van der Waals surface area contributed by atoms with Gasteiger partial charge in [-0.25, -0.2) is 8.42 Å². The van der Waals surface area contributed by atoms with Crippen LogP contribution in [0.4, 0.5) is 0 Å². The van der Waals surface area contributed by atoms with Crippen LogP contribution in [0.3, 0.4) is 0 Å². The second-order valence-electron chi connectivity index (χ2n) is 3.47. The van der Waals surface area contributed by atoms with Gasteiger partial charge in [-0.3, -0.25) is 0 Å². The molecule has 12 heavy (non-hydrogen) atoms. The van der Waals surface area contributed by atoms with Gasteiger partial charge in [-0.2, -0.15) is 0 Å². The summed E-state index contributed by atoms with van der Waals surface area (Å²) in [4.78, 5) is 10.6. The predicted octanol–water partition coefficient (Wildman–Crippen LogP) is -0.771. The third-order valence-electron chi connectivity index (χ3n) is 2.47. The van der Waals surface area contributed by atoms with Crippen LogP contribution < -0.4 is 0 Å². The fourth-order valence-corrected chi connectivity index (χ4v) is 3.69. The molecule has 0 aromatic rings. The smallest absolute Gasteiger partial charge is 0.152 e. The average molecular weight is 192 g/mol. The molecule has 1 N–H and O–H groups in total. The minimum Gasteiger partial charge on any atom is -0.396 e. The van der Waals surface area contributed by atoms with Gasteiger partial charge >= 0.3 is 0 Å². The Balaban J connectivity index is 2.77. The molecule has 1 heterocycles. The number of hydrogen-bond acceptors (Lipinski definition) is 4. The van der Waals surface area contributed by atoms with Crippen LogP contribution in [0, 0.1) is 11.3 Å². The lowest BCUT2D eigenvalue weighted by atomic mass is 9.81. The molecule has 1 unspecified atom stereocenters. The molecule has 0 aromatic heterocycles. The first-order valence-corrected chi connectivity index (χ1v) is 5.55. The molecule has 1 atom stereocenters. The van der Waals surface area contributed by atoms with E-state index < -0.39 is 15.3 Å². The van der Waals surface area contributed by atoms with E-state index in [1.807, 2.05) is 0 Å². The molecule has 0 spiro atoms. The summed E-state index contributed by atoms with van der Waals surface area (Å²) in [5, 5.41) is 8.78. The van der Waals surface area contributed by atoms with E-state index >= 15 is 0 Å². The summed E-state index contributed by atoms with van der Waals surface area (Å²) in [6, 6.07) is 0. The van der Waals surface area contributed by atoms with Gasteiger partial charge in [0.05, 0.1) is 16.9 Å². The molecule has 0 saturated carbocycles. The molecule has 0 aliphatic carbocycles. The molecule has 1 saturated heterocycles. The monoisotopic (exact) mass is 192 g/mol. The van der Waals surface area contributed by atoms with Crippen LogP contribution in [0.1, 0.15) is 6.92 Å². The van der Waals surface area contributed by atoms with Crippen molar-refractivity contribution in [3.05, 3.63) is 0 Å². The van der Waals surface area contributed by atoms with Gasteiger partial charge in [-0.1, -0.05) is 6.92 Å². The number of hydrogen-bond donors (Lipinski definition) is 1. The quantitative estimate of drug-likeness (QED) is 0.596. The molecule has 1 fully saturated rings. The molecule has 5 heteroatoms. The first kappa shape index (κ1) is 9.67. The lowest BCUT2D eigenvalue weighted by Crippen LogP contribution is -2.54. The molecule has 1 aliphatic heterocycles. The van der Waals surface area contributed by atoms with E-state index in [0.29, 0.717) is 6.29 Å². The van der Waals surface area contributed by atoms with Crippen molar-refractivity contribution in [2.45, 2.75) is 6.92 Å². The third-order valence-corrected chi connectivity index (χ3v) is 4.42. The second kappa shape index (κ2) is 2.81. The van der Waals surface area contributed by atoms with Crippen LogP contribution in [-0.4, -0.2) is 37.9 Å². The molecule has 0 amide bonds. The Morgan fingerprint density at radius 2 is 2.08 bits per heavy atom. The normalized spacial score (nSPS) is 27.2. The van der Waals surface area contributed by atoms with Crippen LogP contribution in [0.15, 0.2) is 0 Å². The topological polar surface area (TPSA) is 71.4 Å². The van der Waals surface area contributed by atoms with Gasteiger partial charge in [0, 0.05) is 6.61 Å². The van der Waals surface area contributed by atoms with Crippen molar-refractivity contribution < 1.29 is 18.3 Å². The van der Waals surface area contributed by atoms with Gasteiger partial charge in [0.1, 0.15) is 6.29 Å². The summed E-state index contributed by atoms with van der Waals surface area (Å²) < 4.78 is 21.7. The molecular weight excluding hydrogens is 180 g/mol. The van der Waals surface area contributed by atoms with E-state index in [9.17, 15) is 13.2 Å². The molecule has 0 bridgehead atoms. The first-order valence-electron chi connectivity index (χ1n) is 3.73. The molecule has 1 rings (SSSR count). The van der Waals surface area contributed by atoms with E-state index in [2.05, 4.69) is 0 Å². The number of sulfone groups is 1. The van der Waals surface area contributed by atoms with Gasteiger partial charge in [-0.05, 0) is 5.92 Å². The zero-order valence-corrected chi connectivity index (χ0v) is 7.67. The van der Waals surface area contributed by atoms with E-state index in [1.54, 1.807) is 6.92 Å². The van der Waals surface area contributed by atoms with Gasteiger partial charge in [0.2, 0.25) is 0 Å². The van der Waals surface area contributed by atoms with E-state index in [0.717, 1.165) is 0 Å². The first-order chi connectivity index (χ1) is 5.46. The molecule has 70 valence electrons. The lowest BCUT2D eigenvalue weighted by Gasteiger charge is -2.40. The number of aldehydes is 1. The van der Waals surface area contributed by atoms with Crippen molar-refractivity contribution in [1.29, 1.82) is 0 Å². The maximum atomic E-state index is 10.8. The number of aliphatic hydroxyl groups is 1. The number of rotatable bonds is 3. The van der Waals surface area contributed by atoms with E-state index in [-0.39, 0.29) is 24.0 Å². The average Bonchev–Trinajstić information content (AvgIpc) is 1.97. The molecule has 4 nitrogen and oxygen atoms in total. The number of carbonyl (C=O) groups is 1. The Morgan fingerprint density at radius 1 is 1.58 bits per heavy atom. The number of aliphatic hydroxyl groups excluding tert-OH is 1. The van der Waals surface area contributed by atoms with Crippen LogP contribution in [0.2, 0.25) is 0 Å². The Morgan fingerprint density at radius 3 is 2.33 bits per heavy atom. The standard InChI is InChI=1S/C7H12O4S/c1-6(2-8)7(3-9)4-12(10,11)5-7/h3,6,8H,2,4-5H2,1H3. The van der Waals surface area contributed by atoms with Gasteiger partial charge in [-0.15, -0.1) is 0 Å². The summed E-state index contributed by atoms with van der Waals surface area (Å²) in [7, 11) is -3.00. The van der Waals surface area contributed by atoms with Crippen LogP contribution in [0.5, 0.6) is 0 Å². The summed E-state index contributed by atoms with van der Waals surface area (Å²) in [5.74, 6) is -0.477. The minimum absolute atomic E-state index is 0.106. The van der Waals surface area contributed by atoms with Crippen molar-refractivity contribution in [3.8, 4) is 0 Å². The van der Waals surface area contributed by atoms with Crippen LogP contribution in [0.25, 0.3) is 0 Å². The summed E-state index contributed by atoms with van der Waals surface area (Å²) in [5.41, 5.74) is -0.812. The zero-order chi connectivity index (χ0) is 9.41. The second-order valence-corrected chi connectivity index (χ2v) is 5.53. The largest absolute Gasteiger partial charge is 0.396 e. The number of carbonyl (C=O) groups excluding carboxylic acids is 1. The third kappa shape index (κ3) is 1.38. The summed E-state index contributed by atoms with van der Waals surface area (Å²) in [6.07, 6.45) is 0.662. The van der Waals surface area contributed by atoms with Gasteiger partial charge in [0.25, 0.3) is 0 Å². The Kier molecular flexibility index (Phi) is 2.27. The van der Waals surface area contributed by atoms with Crippen molar-refractivity contribution >= 4 is 16.1 Å². The molecule has 0 aromatic carbocycles. The fourth-order valence-electron chi connectivity index (χ4n) is 1.43. The minimum atomic E-state index is -3.00. The van der Waals surface area contributed by atoms with Crippen LogP contribution in [-0.2, 0) is 14.6 Å². The Hall–Kier alpha value is -0.420. The molecule has 1 aliphatic rings. The Labute approximate surface area is 71.5 Å². The predicted molar refractivity (Wildman–Crippen MR) is 43.4 cm³/mol. The van der Waals surface area contributed by atoms with Gasteiger partial charge < -0.3 is 9.90 Å². The van der Waals surface area contributed by atoms with Crippen molar-refractivity contribution in [2.24, 2.45) is 11.3 Å². The van der Waals surface area contributed by atoms with Crippen molar-refractivity contribution in [2.75, 3.05) is 18.1 Å². The summed E-state index contributed by atoms with van der Waals surface area (Å²) in [6.45, 7) is 1.54. The fraction of sp³-hybridized carbons (Fsp3) is 0.857. The maximum Gasteiger partial charge on any atom is 0.152 e. The zero-order valence-electron chi connectivity index (χ0n) is 6.86. The summed E-state index contributed by atoms with van der Waals surface area (Å²) >= 11 is 0. The van der Waals surface area contributed by atoms with Crippen LogP contribution >= 0.6 is 0 Å². The van der Waals surface area contributed by atoms with Crippen molar-refractivity contribution in [3.63, 3.8) is 0 Å². The highest BCUT2D eigenvalue weighted by Crippen LogP contribution is 2.37.